The van der Waals surface area contributed by atoms with E-state index in [-0.39, 0.29) is 11.6 Å². The number of benzene rings is 3. The summed E-state index contributed by atoms with van der Waals surface area (Å²) in [4.78, 5) is 25.1. The normalized spacial score (nSPS) is 17.4. The molecule has 0 saturated heterocycles. The Hall–Kier alpha value is -3.92. The van der Waals surface area contributed by atoms with Crippen LogP contribution in [0.1, 0.15) is 31.8 Å². The van der Waals surface area contributed by atoms with Gasteiger partial charge in [0.05, 0.1) is 11.4 Å². The monoisotopic (exact) mass is 364 g/mol. The third-order valence-electron chi connectivity index (χ3n) is 4.90. The zero-order valence-electron chi connectivity index (χ0n) is 14.9. The molecule has 0 amide bonds. The van der Waals surface area contributed by atoms with Crippen LogP contribution in [-0.4, -0.2) is 11.6 Å². The Balaban J connectivity index is 1.44. The lowest BCUT2D eigenvalue weighted by molar-refractivity contribution is 0.103. The lowest BCUT2D eigenvalue weighted by atomic mass is 10.1. The maximum Gasteiger partial charge on any atom is 0.211 e. The van der Waals surface area contributed by atoms with Crippen LogP contribution in [-0.2, 0) is 0 Å². The molecule has 0 radical (unpaired) electrons. The number of fused-ring (bicyclic) bond motifs is 2. The fourth-order valence-electron chi connectivity index (χ4n) is 3.55. The van der Waals surface area contributed by atoms with Crippen molar-refractivity contribution in [3.8, 4) is 0 Å². The van der Waals surface area contributed by atoms with E-state index in [9.17, 15) is 9.59 Å². The Morgan fingerprint density at radius 3 is 1.50 bits per heavy atom. The van der Waals surface area contributed by atoms with Gasteiger partial charge in [-0.25, -0.2) is 0 Å². The molecule has 2 heterocycles. The quantitative estimate of drug-likeness (QED) is 0.629. The number of carbonyl (C=O) groups is 2. The maximum atomic E-state index is 12.5. The van der Waals surface area contributed by atoms with Gasteiger partial charge in [-0.3, -0.25) is 9.59 Å². The first-order chi connectivity index (χ1) is 13.7. The summed E-state index contributed by atoms with van der Waals surface area (Å²) in [5.41, 5.74) is 5.91. The average molecular weight is 364 g/mol. The summed E-state index contributed by atoms with van der Waals surface area (Å²) in [5, 5.41) is 6.35. The lowest BCUT2D eigenvalue weighted by Crippen LogP contribution is -2.00. The summed E-state index contributed by atoms with van der Waals surface area (Å²) in [6, 6.07) is 22.7. The highest BCUT2D eigenvalue weighted by atomic mass is 16.1. The first-order valence-electron chi connectivity index (χ1n) is 9.04. The number of hydrogen-bond donors (Lipinski definition) is 2. The van der Waals surface area contributed by atoms with E-state index in [4.69, 9.17) is 0 Å². The minimum Gasteiger partial charge on any atom is -0.352 e. The van der Waals surface area contributed by atoms with E-state index in [0.717, 1.165) is 22.5 Å². The molecule has 0 aromatic heterocycles. The molecule has 0 atom stereocenters. The second-order valence-corrected chi connectivity index (χ2v) is 6.79. The zero-order chi connectivity index (χ0) is 19.1. The fourth-order valence-corrected chi connectivity index (χ4v) is 3.55. The molecular formula is C24H16N2O2. The third-order valence-corrected chi connectivity index (χ3v) is 4.90. The van der Waals surface area contributed by atoms with Gasteiger partial charge in [-0.05, 0) is 53.6 Å². The molecule has 3 aromatic rings. The van der Waals surface area contributed by atoms with Gasteiger partial charge in [0.15, 0.2) is 0 Å². The van der Waals surface area contributed by atoms with Gasteiger partial charge in [-0.1, -0.05) is 42.5 Å². The molecular weight excluding hydrogens is 348 g/mol. The molecule has 2 aliphatic rings. The number of para-hydroxylation sites is 2. The topological polar surface area (TPSA) is 58.2 Å². The van der Waals surface area contributed by atoms with Crippen LogP contribution in [0.15, 0.2) is 84.2 Å². The summed E-state index contributed by atoms with van der Waals surface area (Å²) in [7, 11) is 0. The van der Waals surface area contributed by atoms with Crippen molar-refractivity contribution in [2.24, 2.45) is 0 Å². The second-order valence-electron chi connectivity index (χ2n) is 6.79. The van der Waals surface area contributed by atoms with E-state index in [2.05, 4.69) is 10.6 Å². The minimum atomic E-state index is -0.0116. The molecule has 5 rings (SSSR count). The van der Waals surface area contributed by atoms with Crippen molar-refractivity contribution in [3.05, 3.63) is 106 Å². The number of carbonyl (C=O) groups excluding carboxylic acids is 2. The standard InChI is InChI=1S/C24H16N2O2/c27-23-17-8-1-3-10-19(17)25-21(23)13-15-6-5-7-16(12-15)14-22-24(28)18-9-2-4-11-20(18)26-22/h1-14,25-26H/b21-13-,22-14+. The summed E-state index contributed by atoms with van der Waals surface area (Å²) in [6.07, 6.45) is 3.67. The average Bonchev–Trinajstić information content (AvgIpc) is 3.20. The van der Waals surface area contributed by atoms with Gasteiger partial charge in [-0.2, -0.15) is 0 Å². The van der Waals surface area contributed by atoms with Gasteiger partial charge < -0.3 is 10.6 Å². The van der Waals surface area contributed by atoms with Crippen molar-refractivity contribution in [1.82, 2.24) is 0 Å². The van der Waals surface area contributed by atoms with Crippen LogP contribution >= 0.6 is 0 Å². The molecule has 0 bridgehead atoms. The first kappa shape index (κ1) is 16.3. The molecule has 134 valence electrons. The summed E-state index contributed by atoms with van der Waals surface area (Å²) >= 11 is 0. The molecule has 28 heavy (non-hydrogen) atoms. The Morgan fingerprint density at radius 1 is 0.571 bits per heavy atom. The molecule has 2 N–H and O–H groups in total. The largest absolute Gasteiger partial charge is 0.352 e. The first-order valence-corrected chi connectivity index (χ1v) is 9.04. The molecule has 3 aromatic carbocycles. The van der Waals surface area contributed by atoms with Crippen molar-refractivity contribution < 1.29 is 9.59 Å². The molecule has 0 fully saturated rings. The zero-order valence-corrected chi connectivity index (χ0v) is 14.9. The second kappa shape index (κ2) is 6.35. The summed E-state index contributed by atoms with van der Waals surface area (Å²) in [5.74, 6) is -0.0233. The van der Waals surface area contributed by atoms with Crippen LogP contribution in [0, 0.1) is 0 Å². The van der Waals surface area contributed by atoms with Gasteiger partial charge in [0.25, 0.3) is 0 Å². The molecule has 0 spiro atoms. The van der Waals surface area contributed by atoms with Crippen molar-refractivity contribution in [3.63, 3.8) is 0 Å². The van der Waals surface area contributed by atoms with E-state index in [1.54, 1.807) is 0 Å². The maximum absolute atomic E-state index is 12.5. The molecule has 4 heteroatoms. The molecule has 4 nitrogen and oxygen atoms in total. The van der Waals surface area contributed by atoms with Gasteiger partial charge in [-0.15, -0.1) is 0 Å². The molecule has 0 aliphatic carbocycles. The van der Waals surface area contributed by atoms with E-state index in [0.29, 0.717) is 22.5 Å². The van der Waals surface area contributed by atoms with E-state index in [1.165, 1.54) is 0 Å². The van der Waals surface area contributed by atoms with Gasteiger partial charge >= 0.3 is 0 Å². The van der Waals surface area contributed by atoms with Crippen LogP contribution < -0.4 is 10.6 Å². The number of allylic oxidation sites excluding steroid dienone is 2. The van der Waals surface area contributed by atoms with Crippen LogP contribution in [0.5, 0.6) is 0 Å². The predicted octanol–water partition coefficient (Wildman–Crippen LogP) is 4.99. The fraction of sp³-hybridized carbons (Fsp3) is 0. The molecule has 0 saturated carbocycles. The summed E-state index contributed by atoms with van der Waals surface area (Å²) in [6.45, 7) is 0. The molecule has 2 aliphatic heterocycles. The highest BCUT2D eigenvalue weighted by Crippen LogP contribution is 2.30. The SMILES string of the molecule is O=C1/C(=C/c2cccc(/C=C3/Nc4ccccc4C3=O)c2)Nc2ccccc21. The smallest absolute Gasteiger partial charge is 0.211 e. The van der Waals surface area contributed by atoms with Gasteiger partial charge in [0.2, 0.25) is 11.6 Å². The van der Waals surface area contributed by atoms with Gasteiger partial charge in [0, 0.05) is 22.5 Å². The van der Waals surface area contributed by atoms with Crippen LogP contribution in [0.3, 0.4) is 0 Å². The third kappa shape index (κ3) is 2.72. The van der Waals surface area contributed by atoms with E-state index in [1.807, 2.05) is 84.9 Å². The highest BCUT2D eigenvalue weighted by Gasteiger charge is 2.24. The van der Waals surface area contributed by atoms with Crippen LogP contribution in [0.25, 0.3) is 12.2 Å². The number of hydrogen-bond acceptors (Lipinski definition) is 4. The lowest BCUT2D eigenvalue weighted by Gasteiger charge is -2.02. The number of nitrogens with one attached hydrogen (secondary N) is 2. The number of rotatable bonds is 2. The van der Waals surface area contributed by atoms with Crippen molar-refractivity contribution in [1.29, 1.82) is 0 Å². The predicted molar refractivity (Wildman–Crippen MR) is 111 cm³/mol. The number of ketones is 2. The van der Waals surface area contributed by atoms with Gasteiger partial charge in [0.1, 0.15) is 0 Å². The van der Waals surface area contributed by atoms with Crippen LogP contribution in [0.4, 0.5) is 11.4 Å². The highest BCUT2D eigenvalue weighted by molar-refractivity contribution is 6.21. The summed E-state index contributed by atoms with van der Waals surface area (Å²) < 4.78 is 0. The Kier molecular flexibility index (Phi) is 3.69. The van der Waals surface area contributed by atoms with Crippen LogP contribution in [0.2, 0.25) is 0 Å². The van der Waals surface area contributed by atoms with Crippen molar-refractivity contribution >= 4 is 35.1 Å². The van der Waals surface area contributed by atoms with Crippen molar-refractivity contribution in [2.75, 3.05) is 10.6 Å². The van der Waals surface area contributed by atoms with Crippen molar-refractivity contribution in [2.45, 2.75) is 0 Å². The Bertz CT molecular complexity index is 1110. The Morgan fingerprint density at radius 2 is 1.04 bits per heavy atom. The number of anilines is 2. The minimum absolute atomic E-state index is 0.0116. The number of Topliss-reactive ketones (excluding diaryl/α,β-unsaturated/α-hetero) is 2. The molecule has 0 unspecified atom stereocenters. The Labute approximate surface area is 162 Å². The van der Waals surface area contributed by atoms with E-state index >= 15 is 0 Å². The van der Waals surface area contributed by atoms with E-state index < -0.39 is 0 Å².